The average Bonchev–Trinajstić information content (AvgIpc) is 3.29. The van der Waals surface area contributed by atoms with Gasteiger partial charge in [-0.3, -0.25) is 14.4 Å². The molecule has 138 valence electrons. The summed E-state index contributed by atoms with van der Waals surface area (Å²) in [4.78, 5) is 39.6. The Bertz CT molecular complexity index is 776. The van der Waals surface area contributed by atoms with Crippen molar-refractivity contribution >= 4 is 23.4 Å². The van der Waals surface area contributed by atoms with E-state index in [0.717, 1.165) is 30.5 Å². The van der Waals surface area contributed by atoms with Crippen LogP contribution in [0.15, 0.2) is 24.3 Å². The van der Waals surface area contributed by atoms with E-state index in [9.17, 15) is 14.4 Å². The number of carbonyl (C=O) groups excluding carboxylic acids is 3. The predicted molar refractivity (Wildman–Crippen MR) is 96.3 cm³/mol. The number of hydrogen-bond donors (Lipinski definition) is 3. The summed E-state index contributed by atoms with van der Waals surface area (Å²) >= 11 is 0. The first-order valence-corrected chi connectivity index (χ1v) is 9.14. The van der Waals surface area contributed by atoms with Crippen LogP contribution in [0.3, 0.4) is 0 Å². The fraction of sp³-hybridized carbons (Fsp3) is 0.526. The Morgan fingerprint density at radius 1 is 1.38 bits per heavy atom. The van der Waals surface area contributed by atoms with Crippen molar-refractivity contribution < 1.29 is 14.4 Å². The topological polar surface area (TPSA) is 105 Å². The number of hydrogen-bond acceptors (Lipinski definition) is 4. The normalized spacial score (nSPS) is 28.1. The number of amides is 3. The van der Waals surface area contributed by atoms with Crippen molar-refractivity contribution in [1.82, 2.24) is 10.2 Å². The Morgan fingerprint density at radius 3 is 2.77 bits per heavy atom. The highest BCUT2D eigenvalue weighted by Gasteiger charge is 2.57. The van der Waals surface area contributed by atoms with Crippen molar-refractivity contribution in [2.75, 3.05) is 18.9 Å². The van der Waals surface area contributed by atoms with Gasteiger partial charge in [0, 0.05) is 12.2 Å². The molecule has 26 heavy (non-hydrogen) atoms. The van der Waals surface area contributed by atoms with Gasteiger partial charge in [0.1, 0.15) is 6.04 Å². The van der Waals surface area contributed by atoms with E-state index in [1.807, 2.05) is 24.3 Å². The lowest BCUT2D eigenvalue weighted by atomic mass is 9.79. The number of anilines is 1. The first kappa shape index (κ1) is 17.0. The number of primary amides is 1. The third-order valence-electron chi connectivity index (χ3n) is 6.01. The Balaban J connectivity index is 1.66. The standard InChI is InChI=1S/C19H24N4O3/c1-21-14(8-11-6-7-11)17(25)23-10-19(9-15(23)16(20)24)12-4-2-3-5-13(12)22-18(19)26/h2-5,11,14-15,21H,6-10H2,1H3,(H2,20,24)(H,22,26)/t14-,15-,19-/m0/s1. The van der Waals surface area contributed by atoms with Gasteiger partial charge in [-0.2, -0.15) is 0 Å². The van der Waals surface area contributed by atoms with Crippen molar-refractivity contribution in [1.29, 1.82) is 0 Å². The maximum atomic E-state index is 13.1. The Labute approximate surface area is 152 Å². The Hall–Kier alpha value is -2.41. The van der Waals surface area contributed by atoms with Gasteiger partial charge in [0.25, 0.3) is 0 Å². The molecule has 1 saturated carbocycles. The molecule has 1 aromatic rings. The van der Waals surface area contributed by atoms with Gasteiger partial charge in [0.15, 0.2) is 0 Å². The molecule has 1 saturated heterocycles. The molecular formula is C19H24N4O3. The van der Waals surface area contributed by atoms with E-state index in [-0.39, 0.29) is 30.8 Å². The molecule has 2 aliphatic heterocycles. The van der Waals surface area contributed by atoms with Crippen molar-refractivity contribution in [2.45, 2.75) is 43.2 Å². The fourth-order valence-corrected chi connectivity index (χ4v) is 4.35. The third kappa shape index (κ3) is 2.58. The van der Waals surface area contributed by atoms with Gasteiger partial charge in [-0.1, -0.05) is 31.0 Å². The van der Waals surface area contributed by atoms with Crippen LogP contribution in [0.1, 0.15) is 31.2 Å². The second kappa shape index (κ2) is 6.09. The lowest BCUT2D eigenvalue weighted by molar-refractivity contribution is -0.139. The van der Waals surface area contributed by atoms with Crippen molar-refractivity contribution in [3.05, 3.63) is 29.8 Å². The zero-order valence-corrected chi connectivity index (χ0v) is 14.8. The highest BCUT2D eigenvalue weighted by Crippen LogP contribution is 2.46. The van der Waals surface area contributed by atoms with Crippen LogP contribution < -0.4 is 16.4 Å². The molecule has 3 amide bonds. The number of likely N-dealkylation sites (tertiary alicyclic amines) is 1. The minimum Gasteiger partial charge on any atom is -0.368 e. The van der Waals surface area contributed by atoms with E-state index < -0.39 is 17.4 Å². The molecule has 7 heteroatoms. The van der Waals surface area contributed by atoms with Crippen LogP contribution >= 0.6 is 0 Å². The second-order valence-electron chi connectivity index (χ2n) is 7.69. The highest BCUT2D eigenvalue weighted by atomic mass is 16.2. The smallest absolute Gasteiger partial charge is 0.240 e. The molecular weight excluding hydrogens is 332 g/mol. The van der Waals surface area contributed by atoms with Crippen molar-refractivity contribution in [2.24, 2.45) is 11.7 Å². The average molecular weight is 356 g/mol. The summed E-state index contributed by atoms with van der Waals surface area (Å²) < 4.78 is 0. The van der Waals surface area contributed by atoms with E-state index >= 15 is 0 Å². The number of fused-ring (bicyclic) bond motifs is 2. The first-order valence-electron chi connectivity index (χ1n) is 9.14. The maximum absolute atomic E-state index is 13.1. The van der Waals surface area contributed by atoms with Gasteiger partial charge < -0.3 is 21.3 Å². The molecule has 4 rings (SSSR count). The lowest BCUT2D eigenvalue weighted by Gasteiger charge is -2.28. The molecule has 2 heterocycles. The Morgan fingerprint density at radius 2 is 2.12 bits per heavy atom. The van der Waals surface area contributed by atoms with Crippen LogP contribution in [-0.4, -0.2) is 48.3 Å². The van der Waals surface area contributed by atoms with Gasteiger partial charge in [0.2, 0.25) is 17.7 Å². The largest absolute Gasteiger partial charge is 0.368 e. The molecule has 4 N–H and O–H groups in total. The van der Waals surface area contributed by atoms with Crippen molar-refractivity contribution in [3.63, 3.8) is 0 Å². The van der Waals surface area contributed by atoms with E-state index in [1.165, 1.54) is 4.90 Å². The summed E-state index contributed by atoms with van der Waals surface area (Å²) in [6, 6.07) is 6.34. The molecule has 7 nitrogen and oxygen atoms in total. The highest BCUT2D eigenvalue weighted by molar-refractivity contribution is 6.08. The fourth-order valence-electron chi connectivity index (χ4n) is 4.35. The van der Waals surface area contributed by atoms with Crippen LogP contribution in [0.4, 0.5) is 5.69 Å². The summed E-state index contributed by atoms with van der Waals surface area (Å²) in [5.74, 6) is -0.301. The number of rotatable bonds is 5. The molecule has 1 aromatic carbocycles. The van der Waals surface area contributed by atoms with E-state index in [4.69, 9.17) is 5.73 Å². The molecule has 3 aliphatic rings. The molecule has 0 unspecified atom stereocenters. The van der Waals surface area contributed by atoms with Crippen LogP contribution in [0.5, 0.6) is 0 Å². The number of likely N-dealkylation sites (N-methyl/N-ethyl adjacent to an activating group) is 1. The number of nitrogens with two attached hydrogens (primary N) is 1. The zero-order valence-electron chi connectivity index (χ0n) is 14.8. The summed E-state index contributed by atoms with van der Waals surface area (Å²) in [5, 5.41) is 5.96. The SMILES string of the molecule is CN[C@@H](CC1CC1)C(=O)N1C[C@]2(C[C@H]1C(N)=O)C(=O)Nc1ccccc12. The van der Waals surface area contributed by atoms with Crippen LogP contribution in [0.25, 0.3) is 0 Å². The lowest BCUT2D eigenvalue weighted by Crippen LogP contribution is -2.51. The molecule has 0 aromatic heterocycles. The molecule has 1 spiro atoms. The summed E-state index contributed by atoms with van der Waals surface area (Å²) in [7, 11) is 1.76. The molecule has 0 bridgehead atoms. The predicted octanol–water partition coefficient (Wildman–Crippen LogP) is 0.351. The van der Waals surface area contributed by atoms with Gasteiger partial charge in [0.05, 0.1) is 11.5 Å². The first-order chi connectivity index (χ1) is 12.5. The second-order valence-corrected chi connectivity index (χ2v) is 7.69. The number of carbonyl (C=O) groups is 3. The number of nitrogens with zero attached hydrogens (tertiary/aromatic N) is 1. The van der Waals surface area contributed by atoms with Gasteiger partial charge in [-0.05, 0) is 37.4 Å². The summed E-state index contributed by atoms with van der Waals surface area (Å²) in [6.45, 7) is 0.186. The summed E-state index contributed by atoms with van der Waals surface area (Å²) in [5.41, 5.74) is 6.30. The minimum absolute atomic E-state index is 0.141. The van der Waals surface area contributed by atoms with E-state index in [1.54, 1.807) is 7.05 Å². The van der Waals surface area contributed by atoms with Crippen molar-refractivity contribution in [3.8, 4) is 0 Å². The van der Waals surface area contributed by atoms with Gasteiger partial charge in [-0.15, -0.1) is 0 Å². The number of nitrogens with one attached hydrogen (secondary N) is 2. The summed E-state index contributed by atoms with van der Waals surface area (Å²) in [6.07, 6.45) is 3.28. The van der Waals surface area contributed by atoms with Crippen LogP contribution in [0.2, 0.25) is 0 Å². The molecule has 2 fully saturated rings. The minimum atomic E-state index is -0.899. The molecule has 0 radical (unpaired) electrons. The molecule has 3 atom stereocenters. The van der Waals surface area contributed by atoms with Gasteiger partial charge >= 0.3 is 0 Å². The quantitative estimate of drug-likeness (QED) is 0.708. The van der Waals surface area contributed by atoms with Gasteiger partial charge in [-0.25, -0.2) is 0 Å². The molecule has 1 aliphatic carbocycles. The Kier molecular flexibility index (Phi) is 3.99. The van der Waals surface area contributed by atoms with Crippen LogP contribution in [-0.2, 0) is 19.8 Å². The third-order valence-corrected chi connectivity index (χ3v) is 6.01. The van der Waals surface area contributed by atoms with E-state index in [0.29, 0.717) is 5.92 Å². The number of para-hydroxylation sites is 1. The van der Waals surface area contributed by atoms with E-state index in [2.05, 4.69) is 10.6 Å². The maximum Gasteiger partial charge on any atom is 0.240 e. The zero-order chi connectivity index (χ0) is 18.5. The number of benzene rings is 1. The van der Waals surface area contributed by atoms with Crippen LogP contribution in [0, 0.1) is 5.92 Å². The monoisotopic (exact) mass is 356 g/mol.